The van der Waals surface area contributed by atoms with Crippen LogP contribution in [-0.4, -0.2) is 11.7 Å². The van der Waals surface area contributed by atoms with Crippen LogP contribution < -0.4 is 5.73 Å². The molecule has 2 rings (SSSR count). The summed E-state index contributed by atoms with van der Waals surface area (Å²) in [7, 11) is 0. The minimum absolute atomic E-state index is 0.132. The van der Waals surface area contributed by atoms with Crippen molar-refractivity contribution in [1.29, 1.82) is 0 Å². The summed E-state index contributed by atoms with van der Waals surface area (Å²) in [6, 6.07) is 14.2. The molecule has 0 saturated heterocycles. The Morgan fingerprint density at radius 3 is 2.41 bits per heavy atom. The Morgan fingerprint density at radius 1 is 1.09 bits per heavy atom. The minimum atomic E-state index is 0.132. The first kappa shape index (κ1) is 16.6. The van der Waals surface area contributed by atoms with Gasteiger partial charge in [-0.3, -0.25) is 0 Å². The van der Waals surface area contributed by atoms with E-state index in [0.29, 0.717) is 12.3 Å². The first-order valence-corrected chi connectivity index (χ1v) is 7.90. The lowest BCUT2D eigenvalue weighted by Gasteiger charge is -2.24. The Labute approximate surface area is 134 Å². The second-order valence-corrected chi connectivity index (χ2v) is 7.13. The van der Waals surface area contributed by atoms with E-state index < -0.39 is 0 Å². The third kappa shape index (κ3) is 3.89. The van der Waals surface area contributed by atoms with E-state index in [1.54, 1.807) is 6.07 Å². The highest BCUT2D eigenvalue weighted by Crippen LogP contribution is 2.30. The average molecular weight is 297 g/mol. The molecule has 0 aromatic heterocycles. The Hall–Kier alpha value is -1.80. The lowest BCUT2D eigenvalue weighted by atomic mass is 9.81. The summed E-state index contributed by atoms with van der Waals surface area (Å²) in [5.41, 5.74) is 11.2. The molecule has 2 nitrogen and oxygen atoms in total. The maximum atomic E-state index is 9.64. The van der Waals surface area contributed by atoms with E-state index in [2.05, 4.69) is 45.9 Å². The van der Waals surface area contributed by atoms with Gasteiger partial charge in [0.25, 0.3) is 0 Å². The lowest BCUT2D eigenvalue weighted by molar-refractivity contribution is 0.474. The molecule has 0 fully saturated rings. The molecule has 118 valence electrons. The fourth-order valence-electron chi connectivity index (χ4n) is 2.84. The SMILES string of the molecule is Cc1ccc(C(C)(C)C)cc1C(CN)Cc1cccc(O)c1. The van der Waals surface area contributed by atoms with Crippen molar-refractivity contribution in [3.8, 4) is 5.75 Å². The fourth-order valence-corrected chi connectivity index (χ4v) is 2.84. The van der Waals surface area contributed by atoms with Gasteiger partial charge in [0.2, 0.25) is 0 Å². The van der Waals surface area contributed by atoms with Gasteiger partial charge in [0.05, 0.1) is 0 Å². The summed E-state index contributed by atoms with van der Waals surface area (Å²) in [5, 5.41) is 9.64. The number of rotatable bonds is 4. The molecule has 2 heteroatoms. The summed E-state index contributed by atoms with van der Waals surface area (Å²) in [4.78, 5) is 0. The van der Waals surface area contributed by atoms with Crippen molar-refractivity contribution in [2.75, 3.05) is 6.54 Å². The van der Waals surface area contributed by atoms with Crippen molar-refractivity contribution in [3.63, 3.8) is 0 Å². The molecule has 3 N–H and O–H groups in total. The molecule has 0 aliphatic heterocycles. The van der Waals surface area contributed by atoms with Crippen molar-refractivity contribution >= 4 is 0 Å². The number of benzene rings is 2. The van der Waals surface area contributed by atoms with E-state index >= 15 is 0 Å². The maximum absolute atomic E-state index is 9.64. The molecule has 0 amide bonds. The van der Waals surface area contributed by atoms with Gasteiger partial charge in [-0.05, 0) is 59.7 Å². The van der Waals surface area contributed by atoms with Crippen LogP contribution in [0.2, 0.25) is 0 Å². The number of phenols is 1. The average Bonchev–Trinajstić information content (AvgIpc) is 2.44. The molecule has 0 radical (unpaired) electrons. The van der Waals surface area contributed by atoms with E-state index in [4.69, 9.17) is 5.73 Å². The Bertz CT molecular complexity index is 640. The number of aromatic hydroxyl groups is 1. The van der Waals surface area contributed by atoms with E-state index in [0.717, 1.165) is 12.0 Å². The number of hydrogen-bond acceptors (Lipinski definition) is 2. The fraction of sp³-hybridized carbons (Fsp3) is 0.400. The van der Waals surface area contributed by atoms with Gasteiger partial charge in [0, 0.05) is 5.92 Å². The molecule has 0 aliphatic carbocycles. The topological polar surface area (TPSA) is 46.2 Å². The summed E-state index contributed by atoms with van der Waals surface area (Å²) < 4.78 is 0. The Morgan fingerprint density at radius 2 is 1.82 bits per heavy atom. The molecule has 2 aromatic carbocycles. The summed E-state index contributed by atoms with van der Waals surface area (Å²) in [6.07, 6.45) is 0.847. The van der Waals surface area contributed by atoms with Crippen LogP contribution in [0.3, 0.4) is 0 Å². The van der Waals surface area contributed by atoms with Crippen LogP contribution in [0, 0.1) is 6.92 Å². The van der Waals surface area contributed by atoms with Gasteiger partial charge >= 0.3 is 0 Å². The van der Waals surface area contributed by atoms with Crippen molar-refractivity contribution in [2.45, 2.75) is 45.4 Å². The van der Waals surface area contributed by atoms with Crippen LogP contribution >= 0.6 is 0 Å². The second-order valence-electron chi connectivity index (χ2n) is 7.13. The summed E-state index contributed by atoms with van der Waals surface area (Å²) >= 11 is 0. The highest BCUT2D eigenvalue weighted by atomic mass is 16.3. The smallest absolute Gasteiger partial charge is 0.115 e. The second kappa shape index (κ2) is 6.53. The molecule has 0 bridgehead atoms. The molecule has 1 unspecified atom stereocenters. The van der Waals surface area contributed by atoms with Gasteiger partial charge in [-0.15, -0.1) is 0 Å². The monoisotopic (exact) mass is 297 g/mol. The zero-order valence-electron chi connectivity index (χ0n) is 14.1. The van der Waals surface area contributed by atoms with Gasteiger partial charge in [-0.1, -0.05) is 51.1 Å². The largest absolute Gasteiger partial charge is 0.508 e. The van der Waals surface area contributed by atoms with Crippen molar-refractivity contribution < 1.29 is 5.11 Å². The van der Waals surface area contributed by atoms with E-state index in [1.807, 2.05) is 18.2 Å². The van der Waals surface area contributed by atoms with Crippen molar-refractivity contribution in [2.24, 2.45) is 5.73 Å². The van der Waals surface area contributed by atoms with Crippen LogP contribution in [0.4, 0.5) is 0 Å². The zero-order valence-corrected chi connectivity index (χ0v) is 14.1. The summed E-state index contributed by atoms with van der Waals surface area (Å²) in [6.45, 7) is 9.44. The third-order valence-corrected chi connectivity index (χ3v) is 4.26. The normalized spacial score (nSPS) is 13.1. The van der Waals surface area contributed by atoms with Crippen LogP contribution in [0.1, 0.15) is 48.9 Å². The summed E-state index contributed by atoms with van der Waals surface area (Å²) in [5.74, 6) is 0.581. The number of nitrogens with two attached hydrogens (primary N) is 1. The van der Waals surface area contributed by atoms with Gasteiger partial charge < -0.3 is 10.8 Å². The number of hydrogen-bond donors (Lipinski definition) is 2. The molecule has 1 atom stereocenters. The van der Waals surface area contributed by atoms with Crippen LogP contribution in [0.5, 0.6) is 5.75 Å². The van der Waals surface area contributed by atoms with Gasteiger partial charge in [-0.2, -0.15) is 0 Å². The van der Waals surface area contributed by atoms with Gasteiger partial charge in [0.15, 0.2) is 0 Å². The third-order valence-electron chi connectivity index (χ3n) is 4.26. The Balaban J connectivity index is 2.34. The highest BCUT2D eigenvalue weighted by Gasteiger charge is 2.18. The molecule has 2 aromatic rings. The van der Waals surface area contributed by atoms with Crippen LogP contribution in [0.25, 0.3) is 0 Å². The zero-order chi connectivity index (χ0) is 16.3. The molecule has 0 aliphatic rings. The Kier molecular flexibility index (Phi) is 4.92. The van der Waals surface area contributed by atoms with Crippen LogP contribution in [-0.2, 0) is 11.8 Å². The lowest BCUT2D eigenvalue weighted by Crippen LogP contribution is -2.18. The quantitative estimate of drug-likeness (QED) is 0.884. The van der Waals surface area contributed by atoms with Gasteiger partial charge in [-0.25, -0.2) is 0 Å². The number of aryl methyl sites for hydroxylation is 1. The van der Waals surface area contributed by atoms with Crippen molar-refractivity contribution in [1.82, 2.24) is 0 Å². The first-order chi connectivity index (χ1) is 10.3. The molecule has 22 heavy (non-hydrogen) atoms. The number of phenolic OH excluding ortho intramolecular Hbond substituents is 1. The van der Waals surface area contributed by atoms with Crippen LogP contribution in [0.15, 0.2) is 42.5 Å². The van der Waals surface area contributed by atoms with E-state index in [9.17, 15) is 5.11 Å². The predicted octanol–water partition coefficient (Wildman–Crippen LogP) is 4.28. The molecular formula is C20H27NO. The highest BCUT2D eigenvalue weighted by molar-refractivity contribution is 5.38. The van der Waals surface area contributed by atoms with E-state index in [1.165, 1.54) is 16.7 Å². The maximum Gasteiger partial charge on any atom is 0.115 e. The van der Waals surface area contributed by atoms with Gasteiger partial charge in [0.1, 0.15) is 5.75 Å². The first-order valence-electron chi connectivity index (χ1n) is 7.90. The molecule has 0 saturated carbocycles. The van der Waals surface area contributed by atoms with Crippen molar-refractivity contribution in [3.05, 3.63) is 64.7 Å². The predicted molar refractivity (Wildman–Crippen MR) is 93.5 cm³/mol. The standard InChI is InChI=1S/C20H27NO/c1-14-8-9-17(20(2,3)4)12-19(14)16(13-21)10-15-6-5-7-18(22)11-15/h5-9,11-12,16,22H,10,13,21H2,1-4H3. The minimum Gasteiger partial charge on any atom is -0.508 e. The molecule has 0 spiro atoms. The molecule has 0 heterocycles. The van der Waals surface area contributed by atoms with E-state index in [-0.39, 0.29) is 11.3 Å². The molecular weight excluding hydrogens is 270 g/mol.